The van der Waals surface area contributed by atoms with E-state index < -0.39 is 46.4 Å². The van der Waals surface area contributed by atoms with E-state index in [1.165, 1.54) is 0 Å². The topological polar surface area (TPSA) is 143 Å². The number of hydrogen-bond acceptors (Lipinski definition) is 5. The number of carbonyl (C=O) groups excluding carboxylic acids is 1. The maximum absolute atomic E-state index is 12.3. The SMILES string of the molecule is COC(=O)c1c(C(=O)O)c(C(=O)O)c(C(=O)O)n1-c1c(C)cc(C)cc1C. The van der Waals surface area contributed by atoms with Gasteiger partial charge in [-0.05, 0) is 31.9 Å². The zero-order chi connectivity index (χ0) is 20.6. The van der Waals surface area contributed by atoms with E-state index in [1.807, 2.05) is 6.92 Å². The average Bonchev–Trinajstić information content (AvgIpc) is 2.89. The first-order valence-electron chi connectivity index (χ1n) is 7.68. The van der Waals surface area contributed by atoms with Crippen molar-refractivity contribution in [2.24, 2.45) is 0 Å². The van der Waals surface area contributed by atoms with E-state index in [1.54, 1.807) is 26.0 Å². The summed E-state index contributed by atoms with van der Waals surface area (Å²) in [6, 6.07) is 3.41. The van der Waals surface area contributed by atoms with E-state index in [2.05, 4.69) is 4.74 Å². The van der Waals surface area contributed by atoms with Crippen LogP contribution in [0.15, 0.2) is 12.1 Å². The number of aryl methyl sites for hydroxylation is 3. The molecule has 0 radical (unpaired) electrons. The maximum atomic E-state index is 12.3. The Morgan fingerprint density at radius 3 is 1.63 bits per heavy atom. The minimum atomic E-state index is -1.78. The first-order chi connectivity index (χ1) is 12.5. The van der Waals surface area contributed by atoms with Gasteiger partial charge < -0.3 is 20.1 Å². The molecule has 0 atom stereocenters. The minimum Gasteiger partial charge on any atom is -0.478 e. The van der Waals surface area contributed by atoms with Gasteiger partial charge in [-0.25, -0.2) is 19.2 Å². The normalized spacial score (nSPS) is 10.5. The standard InChI is InChI=1S/C18H17NO8/c1-7-5-8(2)12(9(3)6-7)19-13(17(24)25)10(15(20)21)11(16(22)23)14(19)18(26)27-4/h5-6H,1-4H3,(H,20,21)(H,22,23)(H,24,25). The number of aromatic nitrogens is 1. The molecule has 9 nitrogen and oxygen atoms in total. The Labute approximate surface area is 153 Å². The van der Waals surface area contributed by atoms with E-state index in [-0.39, 0.29) is 5.69 Å². The Kier molecular flexibility index (Phi) is 5.07. The van der Waals surface area contributed by atoms with E-state index in [0.717, 1.165) is 17.2 Å². The molecule has 0 aliphatic carbocycles. The van der Waals surface area contributed by atoms with E-state index in [4.69, 9.17) is 0 Å². The van der Waals surface area contributed by atoms with Crippen molar-refractivity contribution in [2.75, 3.05) is 7.11 Å². The molecular formula is C18H17NO8. The van der Waals surface area contributed by atoms with Gasteiger partial charge in [-0.3, -0.25) is 4.57 Å². The Morgan fingerprint density at radius 2 is 1.26 bits per heavy atom. The summed E-state index contributed by atoms with van der Waals surface area (Å²) in [6.45, 7) is 5.09. The van der Waals surface area contributed by atoms with Crippen molar-refractivity contribution in [3.8, 4) is 5.69 Å². The van der Waals surface area contributed by atoms with Crippen LogP contribution in [0.5, 0.6) is 0 Å². The summed E-state index contributed by atoms with van der Waals surface area (Å²) in [5.74, 6) is -6.39. The van der Waals surface area contributed by atoms with Gasteiger partial charge in [0.15, 0.2) is 0 Å². The van der Waals surface area contributed by atoms with Gasteiger partial charge in [-0.2, -0.15) is 0 Å². The van der Waals surface area contributed by atoms with Crippen molar-refractivity contribution in [2.45, 2.75) is 20.8 Å². The van der Waals surface area contributed by atoms with Gasteiger partial charge in [0.1, 0.15) is 22.5 Å². The second-order valence-corrected chi connectivity index (χ2v) is 5.94. The second kappa shape index (κ2) is 6.94. The molecule has 27 heavy (non-hydrogen) atoms. The minimum absolute atomic E-state index is 0.202. The molecule has 3 N–H and O–H groups in total. The highest BCUT2D eigenvalue weighted by Crippen LogP contribution is 2.32. The molecule has 142 valence electrons. The molecule has 1 heterocycles. The van der Waals surface area contributed by atoms with Crippen LogP contribution >= 0.6 is 0 Å². The van der Waals surface area contributed by atoms with Gasteiger partial charge in [0.2, 0.25) is 0 Å². The van der Waals surface area contributed by atoms with Gasteiger partial charge in [0.25, 0.3) is 0 Å². The predicted molar refractivity (Wildman–Crippen MR) is 92.2 cm³/mol. The summed E-state index contributed by atoms with van der Waals surface area (Å²) >= 11 is 0. The number of carboxylic acid groups (broad SMARTS) is 3. The lowest BCUT2D eigenvalue weighted by Gasteiger charge is -2.17. The third-order valence-electron chi connectivity index (χ3n) is 4.04. The molecule has 0 unspecified atom stereocenters. The number of esters is 1. The van der Waals surface area contributed by atoms with Crippen molar-refractivity contribution in [1.29, 1.82) is 0 Å². The molecule has 0 aliphatic rings. The Bertz CT molecular complexity index is 976. The van der Waals surface area contributed by atoms with Crippen LogP contribution in [-0.4, -0.2) is 50.9 Å². The van der Waals surface area contributed by atoms with E-state index in [0.29, 0.717) is 11.1 Å². The summed E-state index contributed by atoms with van der Waals surface area (Å²) in [5.41, 5.74) is -1.32. The van der Waals surface area contributed by atoms with Gasteiger partial charge >= 0.3 is 23.9 Å². The van der Waals surface area contributed by atoms with Crippen LogP contribution in [0.25, 0.3) is 5.69 Å². The third kappa shape index (κ3) is 3.14. The summed E-state index contributed by atoms with van der Waals surface area (Å²) < 4.78 is 5.45. The lowest BCUT2D eigenvalue weighted by molar-refractivity contribution is 0.0573. The van der Waals surface area contributed by atoms with E-state index in [9.17, 15) is 34.5 Å². The molecule has 0 saturated carbocycles. The number of methoxy groups -OCH3 is 1. The van der Waals surface area contributed by atoms with Crippen molar-refractivity contribution >= 4 is 23.9 Å². The number of ether oxygens (including phenoxy) is 1. The van der Waals surface area contributed by atoms with Gasteiger partial charge in [0, 0.05) is 0 Å². The van der Waals surface area contributed by atoms with Crippen LogP contribution in [0.3, 0.4) is 0 Å². The molecule has 0 spiro atoms. The molecule has 0 aliphatic heterocycles. The fourth-order valence-corrected chi connectivity index (χ4v) is 3.23. The van der Waals surface area contributed by atoms with Crippen molar-refractivity contribution in [1.82, 2.24) is 4.57 Å². The molecule has 0 bridgehead atoms. The van der Waals surface area contributed by atoms with Crippen LogP contribution in [0, 0.1) is 20.8 Å². The molecule has 0 amide bonds. The van der Waals surface area contributed by atoms with Crippen LogP contribution < -0.4 is 0 Å². The van der Waals surface area contributed by atoms with E-state index >= 15 is 0 Å². The van der Waals surface area contributed by atoms with Crippen LogP contribution in [-0.2, 0) is 4.74 Å². The number of hydrogen-bond donors (Lipinski definition) is 3. The Morgan fingerprint density at radius 1 is 0.815 bits per heavy atom. The zero-order valence-corrected chi connectivity index (χ0v) is 15.0. The van der Waals surface area contributed by atoms with Crippen molar-refractivity contribution < 1.29 is 39.2 Å². The molecule has 0 fully saturated rings. The maximum Gasteiger partial charge on any atom is 0.355 e. The highest BCUT2D eigenvalue weighted by Gasteiger charge is 2.38. The summed E-state index contributed by atoms with van der Waals surface area (Å²) in [4.78, 5) is 47.6. The largest absolute Gasteiger partial charge is 0.478 e. The molecular weight excluding hydrogens is 358 g/mol. The fraction of sp³-hybridized carbons (Fsp3) is 0.222. The van der Waals surface area contributed by atoms with Gasteiger partial charge in [-0.15, -0.1) is 0 Å². The summed E-state index contributed by atoms with van der Waals surface area (Å²) in [7, 11) is 0.987. The molecule has 9 heteroatoms. The van der Waals surface area contributed by atoms with Gasteiger partial charge in [-0.1, -0.05) is 17.7 Å². The monoisotopic (exact) mass is 375 g/mol. The smallest absolute Gasteiger partial charge is 0.355 e. The number of rotatable bonds is 5. The number of benzene rings is 1. The van der Waals surface area contributed by atoms with Crippen LogP contribution in [0.2, 0.25) is 0 Å². The first-order valence-corrected chi connectivity index (χ1v) is 7.68. The fourth-order valence-electron chi connectivity index (χ4n) is 3.23. The first kappa shape index (κ1) is 19.7. The number of carbonyl (C=O) groups is 4. The molecule has 1 aromatic carbocycles. The highest BCUT2D eigenvalue weighted by molar-refractivity contribution is 6.15. The zero-order valence-electron chi connectivity index (χ0n) is 15.0. The molecule has 2 rings (SSSR count). The second-order valence-electron chi connectivity index (χ2n) is 5.94. The highest BCUT2D eigenvalue weighted by atomic mass is 16.5. The lowest BCUT2D eigenvalue weighted by atomic mass is 10.0. The van der Waals surface area contributed by atoms with Crippen LogP contribution in [0.1, 0.15) is 58.4 Å². The van der Waals surface area contributed by atoms with Crippen LogP contribution in [0.4, 0.5) is 0 Å². The lowest BCUT2D eigenvalue weighted by Crippen LogP contribution is -2.18. The summed E-state index contributed by atoms with van der Waals surface area (Å²) in [5, 5.41) is 28.6. The van der Waals surface area contributed by atoms with Gasteiger partial charge in [0.05, 0.1) is 12.8 Å². The number of aromatic carboxylic acids is 3. The molecule has 1 aromatic heterocycles. The quantitative estimate of drug-likeness (QED) is 0.675. The summed E-state index contributed by atoms with van der Waals surface area (Å²) in [6.07, 6.45) is 0. The van der Waals surface area contributed by atoms with Crippen molar-refractivity contribution in [3.05, 3.63) is 51.3 Å². The average molecular weight is 375 g/mol. The molecule has 2 aromatic rings. The Balaban J connectivity index is 3.20. The number of carboxylic acids is 3. The third-order valence-corrected chi connectivity index (χ3v) is 4.04. The predicted octanol–water partition coefficient (Wildman–Crippen LogP) is 2.28. The molecule has 0 saturated heterocycles. The van der Waals surface area contributed by atoms with Crippen molar-refractivity contribution in [3.63, 3.8) is 0 Å². The Hall–Kier alpha value is -3.62. The number of nitrogens with zero attached hydrogens (tertiary/aromatic N) is 1.